The Balaban J connectivity index is 1.66. The quantitative estimate of drug-likeness (QED) is 0.290. The minimum absolute atomic E-state index is 0.105. The van der Waals surface area contributed by atoms with Crippen LogP contribution >= 0.6 is 0 Å². The van der Waals surface area contributed by atoms with Gasteiger partial charge < -0.3 is 19.5 Å². The molecular formula is C26H28N2O5. The van der Waals surface area contributed by atoms with Gasteiger partial charge in [-0.05, 0) is 29.8 Å². The maximum absolute atomic E-state index is 13.1. The molecule has 1 amide bonds. The molecule has 7 nitrogen and oxygen atoms in total. The van der Waals surface area contributed by atoms with Gasteiger partial charge in [0.25, 0.3) is 11.7 Å². The molecule has 0 aromatic heterocycles. The van der Waals surface area contributed by atoms with Crippen LogP contribution in [0.15, 0.2) is 72.8 Å². The third-order valence-corrected chi connectivity index (χ3v) is 5.91. The Hall–Kier alpha value is -3.42. The number of aliphatic hydroxyl groups excluding tert-OH is 1. The summed E-state index contributed by atoms with van der Waals surface area (Å²) in [6.07, 6.45) is 1.64. The van der Waals surface area contributed by atoms with Gasteiger partial charge in [-0.25, -0.2) is 0 Å². The van der Waals surface area contributed by atoms with Crippen LogP contribution in [0.3, 0.4) is 0 Å². The highest BCUT2D eigenvalue weighted by atomic mass is 16.5. The highest BCUT2D eigenvalue weighted by Gasteiger charge is 2.45. The number of ketones is 1. The summed E-state index contributed by atoms with van der Waals surface area (Å²) in [5.74, 6) is -0.830. The summed E-state index contributed by atoms with van der Waals surface area (Å²) in [6, 6.07) is 15.5. The van der Waals surface area contributed by atoms with Crippen molar-refractivity contribution >= 4 is 17.4 Å². The minimum atomic E-state index is -0.671. The van der Waals surface area contributed by atoms with E-state index in [0.717, 1.165) is 18.7 Å². The van der Waals surface area contributed by atoms with Gasteiger partial charge in [-0.1, -0.05) is 43.0 Å². The van der Waals surface area contributed by atoms with Crippen LogP contribution in [0, 0.1) is 0 Å². The summed E-state index contributed by atoms with van der Waals surface area (Å²) in [4.78, 5) is 29.9. The lowest BCUT2D eigenvalue weighted by atomic mass is 9.95. The van der Waals surface area contributed by atoms with Gasteiger partial charge in [-0.3, -0.25) is 14.5 Å². The Labute approximate surface area is 193 Å². The second-order valence-corrected chi connectivity index (χ2v) is 7.98. The van der Waals surface area contributed by atoms with Crippen LogP contribution in [0.4, 0.5) is 0 Å². The third-order valence-electron chi connectivity index (χ3n) is 5.91. The van der Waals surface area contributed by atoms with Crippen LogP contribution in [0.25, 0.3) is 5.76 Å². The number of Topliss-reactive ketones (excluding diaryl/α,β-unsaturated/α-hetero) is 1. The van der Waals surface area contributed by atoms with Crippen molar-refractivity contribution in [3.63, 3.8) is 0 Å². The average Bonchev–Trinajstić information content (AvgIpc) is 3.12. The van der Waals surface area contributed by atoms with Crippen molar-refractivity contribution in [3.8, 4) is 5.75 Å². The van der Waals surface area contributed by atoms with E-state index in [1.807, 2.05) is 30.3 Å². The molecule has 1 N–H and O–H groups in total. The maximum atomic E-state index is 13.1. The fourth-order valence-electron chi connectivity index (χ4n) is 4.19. The SMILES string of the molecule is C=CCOc1ccc(C(O)=C2C(=O)C(=O)N(CCN3CCOCC3)[C@H]2c2ccccc2)cc1. The molecule has 2 aliphatic rings. The van der Waals surface area contributed by atoms with Crippen LogP contribution < -0.4 is 4.74 Å². The fraction of sp³-hybridized carbons (Fsp3) is 0.308. The first-order chi connectivity index (χ1) is 16.1. The topological polar surface area (TPSA) is 79.3 Å². The van der Waals surface area contributed by atoms with E-state index in [9.17, 15) is 14.7 Å². The molecule has 0 saturated carbocycles. The van der Waals surface area contributed by atoms with E-state index in [4.69, 9.17) is 9.47 Å². The van der Waals surface area contributed by atoms with Crippen molar-refractivity contribution in [2.45, 2.75) is 6.04 Å². The Bertz CT molecular complexity index is 1030. The number of ether oxygens (including phenoxy) is 2. The maximum Gasteiger partial charge on any atom is 0.295 e. The second kappa shape index (κ2) is 10.5. The summed E-state index contributed by atoms with van der Waals surface area (Å²) in [5.41, 5.74) is 1.34. The molecule has 2 aromatic carbocycles. The first kappa shape index (κ1) is 22.8. The number of carbonyl (C=O) groups is 2. The summed E-state index contributed by atoms with van der Waals surface area (Å²) in [7, 11) is 0. The monoisotopic (exact) mass is 448 g/mol. The highest BCUT2D eigenvalue weighted by molar-refractivity contribution is 6.46. The molecule has 7 heteroatoms. The predicted molar refractivity (Wildman–Crippen MR) is 125 cm³/mol. The van der Waals surface area contributed by atoms with E-state index in [1.54, 1.807) is 35.2 Å². The number of likely N-dealkylation sites (tertiary alicyclic amines) is 1. The summed E-state index contributed by atoms with van der Waals surface area (Å²) in [6.45, 7) is 7.91. The zero-order valence-electron chi connectivity index (χ0n) is 18.5. The van der Waals surface area contributed by atoms with Crippen molar-refractivity contribution in [2.75, 3.05) is 46.0 Å². The van der Waals surface area contributed by atoms with Crippen molar-refractivity contribution in [1.29, 1.82) is 0 Å². The number of rotatable bonds is 8. The first-order valence-corrected chi connectivity index (χ1v) is 11.1. The molecule has 172 valence electrons. The first-order valence-electron chi connectivity index (χ1n) is 11.1. The number of hydrogen-bond acceptors (Lipinski definition) is 6. The molecule has 2 fully saturated rings. The van der Waals surface area contributed by atoms with E-state index in [0.29, 0.717) is 44.2 Å². The molecule has 0 bridgehead atoms. The molecular weight excluding hydrogens is 420 g/mol. The van der Waals surface area contributed by atoms with E-state index >= 15 is 0 Å². The zero-order valence-corrected chi connectivity index (χ0v) is 18.5. The Kier molecular flexibility index (Phi) is 7.22. The summed E-state index contributed by atoms with van der Waals surface area (Å²) < 4.78 is 10.9. The van der Waals surface area contributed by atoms with Gasteiger partial charge in [0.15, 0.2) is 0 Å². The molecule has 33 heavy (non-hydrogen) atoms. The van der Waals surface area contributed by atoms with Crippen molar-refractivity contribution in [3.05, 3.63) is 84.0 Å². The fourth-order valence-corrected chi connectivity index (χ4v) is 4.19. The van der Waals surface area contributed by atoms with Crippen molar-refractivity contribution in [2.24, 2.45) is 0 Å². The molecule has 2 saturated heterocycles. The van der Waals surface area contributed by atoms with Crippen molar-refractivity contribution in [1.82, 2.24) is 9.80 Å². The van der Waals surface area contributed by atoms with Crippen LogP contribution in [-0.4, -0.2) is 72.6 Å². The van der Waals surface area contributed by atoms with Gasteiger partial charge in [-0.2, -0.15) is 0 Å². The van der Waals surface area contributed by atoms with E-state index < -0.39 is 17.7 Å². The molecule has 4 rings (SSSR count). The Morgan fingerprint density at radius 3 is 2.42 bits per heavy atom. The molecule has 2 aromatic rings. The van der Waals surface area contributed by atoms with Gasteiger partial charge in [0.2, 0.25) is 0 Å². The van der Waals surface area contributed by atoms with Gasteiger partial charge in [0.1, 0.15) is 18.1 Å². The number of amides is 1. The van der Waals surface area contributed by atoms with Crippen LogP contribution in [-0.2, 0) is 14.3 Å². The van der Waals surface area contributed by atoms with Gasteiger partial charge >= 0.3 is 0 Å². The van der Waals surface area contributed by atoms with E-state index in [1.165, 1.54) is 0 Å². The molecule has 1 atom stereocenters. The van der Waals surface area contributed by atoms with Crippen LogP contribution in [0.1, 0.15) is 17.2 Å². The van der Waals surface area contributed by atoms with Crippen LogP contribution in [0.2, 0.25) is 0 Å². The highest BCUT2D eigenvalue weighted by Crippen LogP contribution is 2.39. The number of carbonyl (C=O) groups excluding carboxylic acids is 2. The number of benzene rings is 2. The second-order valence-electron chi connectivity index (χ2n) is 7.98. The Morgan fingerprint density at radius 1 is 1.06 bits per heavy atom. The van der Waals surface area contributed by atoms with Crippen molar-refractivity contribution < 1.29 is 24.2 Å². The normalized spacial score (nSPS) is 20.7. The number of aliphatic hydroxyl groups is 1. The molecule has 0 unspecified atom stereocenters. The average molecular weight is 449 g/mol. The van der Waals surface area contributed by atoms with Gasteiger partial charge in [-0.15, -0.1) is 0 Å². The molecule has 0 aliphatic carbocycles. The van der Waals surface area contributed by atoms with Crippen LogP contribution in [0.5, 0.6) is 5.75 Å². The van der Waals surface area contributed by atoms with E-state index in [-0.39, 0.29) is 11.3 Å². The minimum Gasteiger partial charge on any atom is -0.507 e. The largest absolute Gasteiger partial charge is 0.507 e. The molecule has 0 spiro atoms. The lowest BCUT2D eigenvalue weighted by molar-refractivity contribution is -0.140. The lowest BCUT2D eigenvalue weighted by Gasteiger charge is -2.31. The van der Waals surface area contributed by atoms with Gasteiger partial charge in [0, 0.05) is 31.7 Å². The standard InChI is InChI=1S/C26H28N2O5/c1-2-16-33-21-10-8-20(9-11-21)24(29)22-23(19-6-4-3-5-7-19)28(26(31)25(22)30)13-12-27-14-17-32-18-15-27/h2-11,23,29H,1,12-18H2/t23-/m0/s1. The zero-order chi connectivity index (χ0) is 23.2. The van der Waals surface area contributed by atoms with E-state index in [2.05, 4.69) is 11.5 Å². The molecule has 2 aliphatic heterocycles. The smallest absolute Gasteiger partial charge is 0.295 e. The van der Waals surface area contributed by atoms with Gasteiger partial charge in [0.05, 0.1) is 24.8 Å². The lowest BCUT2D eigenvalue weighted by Crippen LogP contribution is -2.42. The predicted octanol–water partition coefficient (Wildman–Crippen LogP) is 3.01. The molecule has 0 radical (unpaired) electrons. The summed E-state index contributed by atoms with van der Waals surface area (Å²) in [5, 5.41) is 11.1. The number of morpholine rings is 1. The molecule has 2 heterocycles. The summed E-state index contributed by atoms with van der Waals surface area (Å²) >= 11 is 0. The number of hydrogen-bond donors (Lipinski definition) is 1. The Morgan fingerprint density at radius 2 is 1.76 bits per heavy atom. The number of nitrogens with zero attached hydrogens (tertiary/aromatic N) is 2. The third kappa shape index (κ3) is 4.99.